The fourth-order valence-electron chi connectivity index (χ4n) is 4.29. The van der Waals surface area contributed by atoms with Gasteiger partial charge in [-0.15, -0.1) is 0 Å². The number of likely N-dealkylation sites (tertiary alicyclic amines) is 1. The predicted octanol–water partition coefficient (Wildman–Crippen LogP) is 3.40. The third kappa shape index (κ3) is 4.43. The zero-order valence-corrected chi connectivity index (χ0v) is 15.6. The van der Waals surface area contributed by atoms with Crippen LogP contribution in [0.1, 0.15) is 51.0 Å². The molecule has 0 radical (unpaired) electrons. The molecule has 0 spiro atoms. The zero-order chi connectivity index (χ0) is 18.5. The second kappa shape index (κ2) is 8.65. The highest BCUT2D eigenvalue weighted by molar-refractivity contribution is 5.89. The van der Waals surface area contributed by atoms with Crippen LogP contribution in [0.4, 0.5) is 4.39 Å². The molecule has 1 heterocycles. The van der Waals surface area contributed by atoms with Crippen molar-refractivity contribution in [3.63, 3.8) is 0 Å². The number of halogens is 1. The van der Waals surface area contributed by atoms with Crippen molar-refractivity contribution >= 4 is 11.8 Å². The second-order valence-corrected chi connectivity index (χ2v) is 7.53. The Morgan fingerprint density at radius 2 is 1.88 bits per heavy atom. The number of nitrogens with zero attached hydrogens (tertiary/aromatic N) is 2. The van der Waals surface area contributed by atoms with Crippen molar-refractivity contribution in [1.82, 2.24) is 9.80 Å². The Morgan fingerprint density at radius 1 is 1.19 bits per heavy atom. The molecule has 1 aromatic carbocycles. The van der Waals surface area contributed by atoms with E-state index in [2.05, 4.69) is 0 Å². The van der Waals surface area contributed by atoms with Gasteiger partial charge in [0, 0.05) is 32.1 Å². The van der Waals surface area contributed by atoms with E-state index in [1.165, 1.54) is 31.4 Å². The van der Waals surface area contributed by atoms with Crippen molar-refractivity contribution in [1.29, 1.82) is 0 Å². The summed E-state index contributed by atoms with van der Waals surface area (Å²) in [7, 11) is 0. The summed E-state index contributed by atoms with van der Waals surface area (Å²) in [6, 6.07) is 6.73. The Morgan fingerprint density at radius 3 is 2.54 bits per heavy atom. The number of hydrogen-bond donors (Lipinski definition) is 0. The van der Waals surface area contributed by atoms with Crippen LogP contribution in [0.5, 0.6) is 0 Å². The van der Waals surface area contributed by atoms with E-state index in [4.69, 9.17) is 0 Å². The van der Waals surface area contributed by atoms with Crippen LogP contribution >= 0.6 is 0 Å². The largest absolute Gasteiger partial charge is 0.342 e. The first kappa shape index (κ1) is 18.9. The molecule has 0 aromatic heterocycles. The molecule has 2 aliphatic rings. The maximum atomic E-state index is 13.0. The van der Waals surface area contributed by atoms with Crippen LogP contribution in [0.3, 0.4) is 0 Å². The maximum absolute atomic E-state index is 13.0. The van der Waals surface area contributed by atoms with Crippen molar-refractivity contribution in [3.8, 4) is 0 Å². The first-order chi connectivity index (χ1) is 12.6. The summed E-state index contributed by atoms with van der Waals surface area (Å²) in [5.74, 6) is -0.251. The Kier molecular flexibility index (Phi) is 6.28. The van der Waals surface area contributed by atoms with Crippen LogP contribution in [0.2, 0.25) is 0 Å². The van der Waals surface area contributed by atoms with Crippen molar-refractivity contribution < 1.29 is 14.0 Å². The van der Waals surface area contributed by atoms with Gasteiger partial charge in [0.1, 0.15) is 5.82 Å². The van der Waals surface area contributed by atoms with Crippen LogP contribution in [-0.2, 0) is 16.0 Å². The molecule has 1 saturated carbocycles. The van der Waals surface area contributed by atoms with Gasteiger partial charge in [0.25, 0.3) is 0 Å². The normalized spacial score (nSPS) is 21.2. The van der Waals surface area contributed by atoms with E-state index in [0.717, 1.165) is 24.9 Å². The van der Waals surface area contributed by atoms with Crippen molar-refractivity contribution in [2.45, 2.75) is 57.9 Å². The summed E-state index contributed by atoms with van der Waals surface area (Å²) in [5, 5.41) is 0. The van der Waals surface area contributed by atoms with Gasteiger partial charge in [0.2, 0.25) is 11.8 Å². The lowest BCUT2D eigenvalue weighted by Crippen LogP contribution is -2.45. The molecule has 1 aliphatic heterocycles. The molecule has 0 bridgehead atoms. The molecular weight excluding hydrogens is 331 g/mol. The fraction of sp³-hybridized carbons (Fsp3) is 0.619. The van der Waals surface area contributed by atoms with E-state index in [1.54, 1.807) is 17.0 Å². The third-order valence-corrected chi connectivity index (χ3v) is 5.79. The highest BCUT2D eigenvalue weighted by Gasteiger charge is 2.37. The van der Waals surface area contributed by atoms with Crippen molar-refractivity contribution in [3.05, 3.63) is 35.6 Å². The minimum Gasteiger partial charge on any atom is -0.342 e. The first-order valence-electron chi connectivity index (χ1n) is 9.91. The monoisotopic (exact) mass is 360 g/mol. The summed E-state index contributed by atoms with van der Waals surface area (Å²) in [6.07, 6.45) is 6.85. The van der Waals surface area contributed by atoms with Crippen molar-refractivity contribution in [2.24, 2.45) is 5.92 Å². The quantitative estimate of drug-likeness (QED) is 0.780. The molecule has 5 heteroatoms. The smallest absolute Gasteiger partial charge is 0.228 e. The lowest BCUT2D eigenvalue weighted by Gasteiger charge is -2.35. The van der Waals surface area contributed by atoms with E-state index in [-0.39, 0.29) is 23.5 Å². The van der Waals surface area contributed by atoms with Gasteiger partial charge in [0.05, 0.1) is 5.92 Å². The highest BCUT2D eigenvalue weighted by atomic mass is 19.1. The minimum atomic E-state index is -0.251. The van der Waals surface area contributed by atoms with Gasteiger partial charge in [-0.3, -0.25) is 9.59 Å². The summed E-state index contributed by atoms with van der Waals surface area (Å²) in [4.78, 5) is 29.1. The third-order valence-electron chi connectivity index (χ3n) is 5.79. The Balaban J connectivity index is 1.55. The molecule has 3 rings (SSSR count). The molecular formula is C21H29FN2O2. The van der Waals surface area contributed by atoms with Gasteiger partial charge in [-0.05, 0) is 43.9 Å². The lowest BCUT2D eigenvalue weighted by molar-refractivity contribution is -0.138. The van der Waals surface area contributed by atoms with E-state index in [1.807, 2.05) is 11.8 Å². The number of benzene rings is 1. The van der Waals surface area contributed by atoms with Gasteiger partial charge in [-0.25, -0.2) is 4.39 Å². The molecule has 1 aromatic rings. The molecule has 0 unspecified atom stereocenters. The average molecular weight is 360 g/mol. The van der Waals surface area contributed by atoms with Crippen LogP contribution < -0.4 is 0 Å². The highest BCUT2D eigenvalue weighted by Crippen LogP contribution is 2.27. The Bertz CT molecular complexity index is 625. The second-order valence-electron chi connectivity index (χ2n) is 7.53. The SMILES string of the molecule is CCN(C(=O)[C@H]1CC(=O)N(CCc2ccc(F)cc2)C1)C1CCCCC1. The Labute approximate surface area is 155 Å². The number of rotatable bonds is 6. The molecule has 2 amide bonds. The summed E-state index contributed by atoms with van der Waals surface area (Å²) < 4.78 is 13.0. The van der Waals surface area contributed by atoms with Crippen molar-refractivity contribution in [2.75, 3.05) is 19.6 Å². The van der Waals surface area contributed by atoms with E-state index in [0.29, 0.717) is 32.0 Å². The van der Waals surface area contributed by atoms with Gasteiger partial charge < -0.3 is 9.80 Å². The number of carbonyl (C=O) groups excluding carboxylic acids is 2. The zero-order valence-electron chi connectivity index (χ0n) is 15.6. The van der Waals surface area contributed by atoms with E-state index < -0.39 is 0 Å². The molecule has 2 fully saturated rings. The number of carbonyl (C=O) groups is 2. The summed E-state index contributed by atoms with van der Waals surface area (Å²) in [6.45, 7) is 3.87. The topological polar surface area (TPSA) is 40.6 Å². The lowest BCUT2D eigenvalue weighted by atomic mass is 9.93. The average Bonchev–Trinajstić information content (AvgIpc) is 3.03. The van der Waals surface area contributed by atoms with Gasteiger partial charge in [-0.1, -0.05) is 31.4 Å². The minimum absolute atomic E-state index is 0.0603. The number of hydrogen-bond acceptors (Lipinski definition) is 2. The van der Waals surface area contributed by atoms with Crippen LogP contribution in [0.25, 0.3) is 0 Å². The van der Waals surface area contributed by atoms with Gasteiger partial charge in [0.15, 0.2) is 0 Å². The summed E-state index contributed by atoms with van der Waals surface area (Å²) >= 11 is 0. The van der Waals surface area contributed by atoms with E-state index >= 15 is 0 Å². The molecule has 4 nitrogen and oxygen atoms in total. The number of amides is 2. The molecule has 142 valence electrons. The van der Waals surface area contributed by atoms with Crippen LogP contribution in [0, 0.1) is 11.7 Å². The molecule has 1 aliphatic carbocycles. The molecule has 1 saturated heterocycles. The van der Waals surface area contributed by atoms with Gasteiger partial charge in [-0.2, -0.15) is 0 Å². The first-order valence-corrected chi connectivity index (χ1v) is 9.91. The predicted molar refractivity (Wildman–Crippen MR) is 99.1 cm³/mol. The summed E-state index contributed by atoms with van der Waals surface area (Å²) in [5.41, 5.74) is 1.01. The molecule has 26 heavy (non-hydrogen) atoms. The van der Waals surface area contributed by atoms with Crippen LogP contribution in [0.15, 0.2) is 24.3 Å². The Hall–Kier alpha value is -1.91. The van der Waals surface area contributed by atoms with E-state index in [9.17, 15) is 14.0 Å². The maximum Gasteiger partial charge on any atom is 0.228 e. The standard InChI is InChI=1S/C21H29FN2O2/c1-2-24(19-6-4-3-5-7-19)21(26)17-14-20(25)23(15-17)13-12-16-8-10-18(22)11-9-16/h8-11,17,19H,2-7,12-15H2,1H3/t17-/m0/s1. The van der Waals surface area contributed by atoms with Gasteiger partial charge >= 0.3 is 0 Å². The van der Waals surface area contributed by atoms with Crippen LogP contribution in [-0.4, -0.2) is 47.3 Å². The molecule has 0 N–H and O–H groups in total. The molecule has 1 atom stereocenters. The fourth-order valence-corrected chi connectivity index (χ4v) is 4.29.